The van der Waals surface area contributed by atoms with Crippen molar-refractivity contribution < 1.29 is 0 Å². The van der Waals surface area contributed by atoms with Gasteiger partial charge in [0.1, 0.15) is 0 Å². The summed E-state index contributed by atoms with van der Waals surface area (Å²) in [6.45, 7) is 9.17. The Morgan fingerprint density at radius 1 is 1.00 bits per heavy atom. The lowest BCUT2D eigenvalue weighted by atomic mass is 9.82. The van der Waals surface area contributed by atoms with E-state index in [4.69, 9.17) is 0 Å². The third kappa shape index (κ3) is 3.30. The number of rotatable bonds is 4. The van der Waals surface area contributed by atoms with E-state index in [0.717, 1.165) is 6.42 Å². The van der Waals surface area contributed by atoms with Crippen LogP contribution in [-0.2, 0) is 0 Å². The fourth-order valence-electron chi connectivity index (χ4n) is 2.81. The zero-order valence-electron chi connectivity index (χ0n) is 13.2. The molecule has 0 N–H and O–H groups in total. The third-order valence-electron chi connectivity index (χ3n) is 4.43. The van der Waals surface area contributed by atoms with E-state index in [1.54, 1.807) is 0 Å². The molecule has 0 bridgehead atoms. The van der Waals surface area contributed by atoms with Gasteiger partial charge in [0, 0.05) is 5.92 Å². The maximum atomic E-state index is 2.44. The first kappa shape index (κ1) is 14.8. The van der Waals surface area contributed by atoms with E-state index in [1.165, 1.54) is 28.7 Å². The molecule has 106 valence electrons. The number of allylic oxidation sites excluding steroid dienone is 6. The smallest absolute Gasteiger partial charge is 0.00637 e. The average Bonchev–Trinajstić information content (AvgIpc) is 2.68. The van der Waals surface area contributed by atoms with Gasteiger partial charge in [-0.1, -0.05) is 74.9 Å². The van der Waals surface area contributed by atoms with Crippen molar-refractivity contribution in [2.45, 2.75) is 46.5 Å². The van der Waals surface area contributed by atoms with E-state index in [-0.39, 0.29) is 0 Å². The molecule has 20 heavy (non-hydrogen) atoms. The molecule has 0 heteroatoms. The first-order chi connectivity index (χ1) is 9.63. The Balaban J connectivity index is 2.39. The lowest BCUT2D eigenvalue weighted by Crippen LogP contribution is -2.07. The molecule has 0 radical (unpaired) electrons. The van der Waals surface area contributed by atoms with Crippen LogP contribution >= 0.6 is 0 Å². The molecule has 0 aliphatic heterocycles. The summed E-state index contributed by atoms with van der Waals surface area (Å²) in [5, 5.41) is 0. The maximum Gasteiger partial charge on any atom is 0.00637 e. The summed E-state index contributed by atoms with van der Waals surface area (Å²) in [5.41, 5.74) is 5.88. The van der Waals surface area contributed by atoms with Crippen LogP contribution in [0.25, 0.3) is 0 Å². The summed E-state index contributed by atoms with van der Waals surface area (Å²) in [6.07, 6.45) is 9.36. The Morgan fingerprint density at radius 3 is 2.35 bits per heavy atom. The first-order valence-corrected chi connectivity index (χ1v) is 7.76. The molecule has 2 atom stereocenters. The standard InChI is InChI=1S/C20H26/c1-5-16(3)19-13-11-15(2)12-14-20(19)17(4)18-9-7-6-8-10-18/h6-10,12-14,16-17H,5,11H2,1-4H3. The lowest BCUT2D eigenvalue weighted by molar-refractivity contribution is 0.646. The van der Waals surface area contributed by atoms with Gasteiger partial charge >= 0.3 is 0 Å². The van der Waals surface area contributed by atoms with E-state index >= 15 is 0 Å². The van der Waals surface area contributed by atoms with Gasteiger partial charge in [-0.25, -0.2) is 0 Å². The highest BCUT2D eigenvalue weighted by Crippen LogP contribution is 2.36. The van der Waals surface area contributed by atoms with Gasteiger partial charge in [0.15, 0.2) is 0 Å². The Morgan fingerprint density at radius 2 is 1.70 bits per heavy atom. The third-order valence-corrected chi connectivity index (χ3v) is 4.43. The van der Waals surface area contributed by atoms with Gasteiger partial charge in [-0.3, -0.25) is 0 Å². The molecule has 1 aromatic carbocycles. The molecule has 0 saturated carbocycles. The van der Waals surface area contributed by atoms with Crippen molar-refractivity contribution in [1.29, 1.82) is 0 Å². The van der Waals surface area contributed by atoms with Crippen molar-refractivity contribution in [1.82, 2.24) is 0 Å². The van der Waals surface area contributed by atoms with Crippen LogP contribution in [0.2, 0.25) is 0 Å². The molecule has 0 nitrogen and oxygen atoms in total. The normalized spacial score (nSPS) is 18.5. The van der Waals surface area contributed by atoms with Crippen LogP contribution in [0.1, 0.15) is 52.0 Å². The van der Waals surface area contributed by atoms with Crippen LogP contribution < -0.4 is 0 Å². The summed E-state index contributed by atoms with van der Waals surface area (Å²) in [7, 11) is 0. The minimum Gasteiger partial charge on any atom is -0.0767 e. The van der Waals surface area contributed by atoms with Crippen LogP contribution in [-0.4, -0.2) is 0 Å². The summed E-state index contributed by atoms with van der Waals surface area (Å²) in [4.78, 5) is 0. The molecular weight excluding hydrogens is 240 g/mol. The Bertz CT molecular complexity index is 528. The largest absolute Gasteiger partial charge is 0.0767 e. The van der Waals surface area contributed by atoms with Crippen LogP contribution in [0, 0.1) is 5.92 Å². The van der Waals surface area contributed by atoms with Gasteiger partial charge in [0.05, 0.1) is 0 Å². The van der Waals surface area contributed by atoms with Crippen molar-refractivity contribution in [2.75, 3.05) is 0 Å². The molecule has 1 aliphatic carbocycles. The molecule has 0 amide bonds. The van der Waals surface area contributed by atoms with Crippen molar-refractivity contribution in [3.05, 3.63) is 70.8 Å². The molecule has 0 aromatic heterocycles. The van der Waals surface area contributed by atoms with Crippen molar-refractivity contribution in [3.8, 4) is 0 Å². The second-order valence-corrected chi connectivity index (χ2v) is 5.94. The topological polar surface area (TPSA) is 0 Å². The van der Waals surface area contributed by atoms with E-state index in [1.807, 2.05) is 0 Å². The van der Waals surface area contributed by atoms with E-state index < -0.39 is 0 Å². The fraction of sp³-hybridized carbons (Fsp3) is 0.400. The highest BCUT2D eigenvalue weighted by atomic mass is 14.2. The summed E-state index contributed by atoms with van der Waals surface area (Å²) in [6, 6.07) is 10.8. The van der Waals surface area contributed by atoms with Gasteiger partial charge < -0.3 is 0 Å². The first-order valence-electron chi connectivity index (χ1n) is 7.76. The fourth-order valence-corrected chi connectivity index (χ4v) is 2.81. The highest BCUT2D eigenvalue weighted by molar-refractivity contribution is 5.46. The zero-order chi connectivity index (χ0) is 14.5. The van der Waals surface area contributed by atoms with Gasteiger partial charge in [-0.15, -0.1) is 0 Å². The quantitative estimate of drug-likeness (QED) is 0.623. The van der Waals surface area contributed by atoms with E-state index in [2.05, 4.69) is 76.3 Å². The Kier molecular flexibility index (Phi) is 5.00. The van der Waals surface area contributed by atoms with Crippen molar-refractivity contribution in [3.63, 3.8) is 0 Å². The minimum absolute atomic E-state index is 0.457. The van der Waals surface area contributed by atoms with Crippen LogP contribution in [0.3, 0.4) is 0 Å². The maximum absolute atomic E-state index is 2.44. The zero-order valence-corrected chi connectivity index (χ0v) is 13.2. The van der Waals surface area contributed by atoms with Crippen molar-refractivity contribution in [2.24, 2.45) is 5.92 Å². The summed E-state index contributed by atoms with van der Waals surface area (Å²) < 4.78 is 0. The Labute approximate surface area is 123 Å². The van der Waals surface area contributed by atoms with Crippen LogP contribution in [0.5, 0.6) is 0 Å². The molecule has 2 rings (SSSR count). The van der Waals surface area contributed by atoms with Gasteiger partial charge in [-0.05, 0) is 42.4 Å². The lowest BCUT2D eigenvalue weighted by Gasteiger charge is -2.23. The second-order valence-electron chi connectivity index (χ2n) is 5.94. The summed E-state index contributed by atoms with van der Waals surface area (Å²) in [5.74, 6) is 1.09. The van der Waals surface area contributed by atoms with Crippen LogP contribution in [0.15, 0.2) is 65.3 Å². The number of hydrogen-bond donors (Lipinski definition) is 0. The van der Waals surface area contributed by atoms with Crippen LogP contribution in [0.4, 0.5) is 0 Å². The highest BCUT2D eigenvalue weighted by Gasteiger charge is 2.19. The Hall–Kier alpha value is -1.56. The average molecular weight is 266 g/mol. The molecule has 0 fully saturated rings. The molecule has 0 heterocycles. The van der Waals surface area contributed by atoms with E-state index in [0.29, 0.717) is 11.8 Å². The molecule has 1 aliphatic rings. The predicted molar refractivity (Wildman–Crippen MR) is 88.9 cm³/mol. The van der Waals surface area contributed by atoms with Gasteiger partial charge in [-0.2, -0.15) is 0 Å². The summed E-state index contributed by atoms with van der Waals surface area (Å²) >= 11 is 0. The predicted octanol–water partition coefficient (Wildman–Crippen LogP) is 6.04. The molecule has 0 spiro atoms. The van der Waals surface area contributed by atoms with E-state index in [9.17, 15) is 0 Å². The molecule has 2 unspecified atom stereocenters. The number of hydrogen-bond acceptors (Lipinski definition) is 0. The van der Waals surface area contributed by atoms with Gasteiger partial charge in [0.2, 0.25) is 0 Å². The minimum atomic E-state index is 0.457. The SMILES string of the molecule is CCC(C)C1=CCC(C)=CC=C1C(C)c1ccccc1. The van der Waals surface area contributed by atoms with Crippen molar-refractivity contribution >= 4 is 0 Å². The second kappa shape index (κ2) is 6.74. The molecule has 1 aromatic rings. The molecule has 0 saturated heterocycles. The monoisotopic (exact) mass is 266 g/mol. The molecular formula is C20H26. The van der Waals surface area contributed by atoms with Gasteiger partial charge in [0.25, 0.3) is 0 Å². The number of benzene rings is 1.